The van der Waals surface area contributed by atoms with E-state index in [0.717, 1.165) is 19.6 Å². The maximum atomic E-state index is 5.60. The first-order valence-corrected chi connectivity index (χ1v) is 3.73. The van der Waals surface area contributed by atoms with E-state index in [-0.39, 0.29) is 0 Å². The summed E-state index contributed by atoms with van der Waals surface area (Å²) >= 11 is 0. The zero-order valence-electron chi connectivity index (χ0n) is 6.71. The van der Waals surface area contributed by atoms with Gasteiger partial charge < -0.3 is 10.5 Å². The van der Waals surface area contributed by atoms with Crippen LogP contribution in [0.25, 0.3) is 0 Å². The minimum atomic E-state index is 0.340. The molecule has 60 valence electrons. The Hall–Kier alpha value is -0.120. The molecule has 0 bridgehead atoms. The predicted octanol–water partition coefficient (Wildman–Crippen LogP) is -0.336. The SMILES string of the molecule is COC(C)CN1CC(N)C1. The van der Waals surface area contributed by atoms with Crippen molar-refractivity contribution in [1.29, 1.82) is 0 Å². The molecule has 3 heteroatoms. The van der Waals surface area contributed by atoms with Gasteiger partial charge in [-0.15, -0.1) is 0 Å². The van der Waals surface area contributed by atoms with Gasteiger partial charge in [0.15, 0.2) is 0 Å². The van der Waals surface area contributed by atoms with E-state index < -0.39 is 0 Å². The van der Waals surface area contributed by atoms with Crippen molar-refractivity contribution in [3.05, 3.63) is 0 Å². The monoisotopic (exact) mass is 144 g/mol. The number of rotatable bonds is 3. The molecule has 1 aliphatic rings. The third-order valence-electron chi connectivity index (χ3n) is 1.90. The van der Waals surface area contributed by atoms with E-state index in [4.69, 9.17) is 10.5 Å². The number of ether oxygens (including phenoxy) is 1. The van der Waals surface area contributed by atoms with Crippen LogP contribution in [0.5, 0.6) is 0 Å². The van der Waals surface area contributed by atoms with Crippen LogP contribution in [-0.4, -0.2) is 43.8 Å². The largest absolute Gasteiger partial charge is 0.380 e. The summed E-state index contributed by atoms with van der Waals surface area (Å²) in [5.41, 5.74) is 5.60. The van der Waals surface area contributed by atoms with Crippen LogP contribution in [0.1, 0.15) is 6.92 Å². The summed E-state index contributed by atoms with van der Waals surface area (Å²) in [6.45, 7) is 5.16. The molecule has 1 fully saturated rings. The average molecular weight is 144 g/mol. The summed E-state index contributed by atoms with van der Waals surface area (Å²) in [5.74, 6) is 0. The van der Waals surface area contributed by atoms with Gasteiger partial charge in [0.1, 0.15) is 0 Å². The fraction of sp³-hybridized carbons (Fsp3) is 1.00. The van der Waals surface area contributed by atoms with Crippen molar-refractivity contribution in [2.24, 2.45) is 5.73 Å². The molecule has 0 aromatic heterocycles. The lowest BCUT2D eigenvalue weighted by Gasteiger charge is -2.38. The Morgan fingerprint density at radius 2 is 2.30 bits per heavy atom. The van der Waals surface area contributed by atoms with Gasteiger partial charge in [-0.25, -0.2) is 0 Å². The number of nitrogens with zero attached hydrogens (tertiary/aromatic N) is 1. The van der Waals surface area contributed by atoms with Gasteiger partial charge in [0.25, 0.3) is 0 Å². The quantitative estimate of drug-likeness (QED) is 0.589. The highest BCUT2D eigenvalue weighted by Gasteiger charge is 2.23. The molecule has 1 saturated heterocycles. The van der Waals surface area contributed by atoms with E-state index in [2.05, 4.69) is 11.8 Å². The second-order valence-electron chi connectivity index (χ2n) is 3.02. The third kappa shape index (κ3) is 1.94. The molecule has 1 heterocycles. The van der Waals surface area contributed by atoms with Crippen LogP contribution in [0.15, 0.2) is 0 Å². The number of nitrogens with two attached hydrogens (primary N) is 1. The lowest BCUT2D eigenvalue weighted by Crippen LogP contribution is -2.57. The van der Waals surface area contributed by atoms with Gasteiger partial charge in [-0.2, -0.15) is 0 Å². The van der Waals surface area contributed by atoms with Crippen molar-refractivity contribution in [3.63, 3.8) is 0 Å². The van der Waals surface area contributed by atoms with E-state index >= 15 is 0 Å². The summed E-state index contributed by atoms with van der Waals surface area (Å²) < 4.78 is 5.11. The van der Waals surface area contributed by atoms with Crippen molar-refractivity contribution in [1.82, 2.24) is 4.90 Å². The van der Waals surface area contributed by atoms with Gasteiger partial charge >= 0.3 is 0 Å². The van der Waals surface area contributed by atoms with Gasteiger partial charge in [0.2, 0.25) is 0 Å². The van der Waals surface area contributed by atoms with Crippen molar-refractivity contribution >= 4 is 0 Å². The lowest BCUT2D eigenvalue weighted by atomic mass is 10.1. The first-order valence-electron chi connectivity index (χ1n) is 3.73. The Kier molecular flexibility index (Phi) is 2.65. The van der Waals surface area contributed by atoms with E-state index in [1.807, 2.05) is 0 Å². The van der Waals surface area contributed by atoms with Crippen molar-refractivity contribution in [2.45, 2.75) is 19.1 Å². The lowest BCUT2D eigenvalue weighted by molar-refractivity contribution is 0.0454. The molecule has 0 saturated carbocycles. The van der Waals surface area contributed by atoms with Crippen LogP contribution in [0, 0.1) is 0 Å². The molecule has 0 spiro atoms. The van der Waals surface area contributed by atoms with Crippen LogP contribution < -0.4 is 5.73 Å². The standard InChI is InChI=1S/C7H16N2O/c1-6(10-2)3-9-4-7(8)5-9/h6-7H,3-5,8H2,1-2H3. The van der Waals surface area contributed by atoms with Crippen LogP contribution in [0.4, 0.5) is 0 Å². The first kappa shape index (κ1) is 7.98. The summed E-state index contributed by atoms with van der Waals surface area (Å²) in [6.07, 6.45) is 0.340. The molecule has 0 amide bonds. The molecule has 0 aliphatic carbocycles. The second-order valence-corrected chi connectivity index (χ2v) is 3.02. The number of hydrogen-bond acceptors (Lipinski definition) is 3. The topological polar surface area (TPSA) is 38.5 Å². The Balaban J connectivity index is 2.04. The van der Waals surface area contributed by atoms with E-state index in [0.29, 0.717) is 12.1 Å². The van der Waals surface area contributed by atoms with E-state index in [9.17, 15) is 0 Å². The molecule has 10 heavy (non-hydrogen) atoms. The maximum absolute atomic E-state index is 5.60. The Labute approximate surface area is 62.1 Å². The van der Waals surface area contributed by atoms with Crippen molar-refractivity contribution in [3.8, 4) is 0 Å². The van der Waals surface area contributed by atoms with E-state index in [1.165, 1.54) is 0 Å². The van der Waals surface area contributed by atoms with Gasteiger partial charge in [0.05, 0.1) is 6.10 Å². The van der Waals surface area contributed by atoms with Crippen molar-refractivity contribution < 1.29 is 4.74 Å². The molecule has 1 unspecified atom stereocenters. The first-order chi connectivity index (χ1) is 4.72. The number of methoxy groups -OCH3 is 1. The highest BCUT2D eigenvalue weighted by atomic mass is 16.5. The molecule has 2 N–H and O–H groups in total. The Morgan fingerprint density at radius 1 is 1.70 bits per heavy atom. The minimum absolute atomic E-state index is 0.340. The molecule has 3 nitrogen and oxygen atoms in total. The highest BCUT2D eigenvalue weighted by Crippen LogP contribution is 2.06. The molecule has 0 radical (unpaired) electrons. The summed E-state index contributed by atoms with van der Waals surface area (Å²) in [4.78, 5) is 2.30. The van der Waals surface area contributed by atoms with Gasteiger partial charge in [-0.3, -0.25) is 4.90 Å². The molecule has 1 atom stereocenters. The van der Waals surface area contributed by atoms with Crippen LogP contribution in [-0.2, 0) is 4.74 Å². The smallest absolute Gasteiger partial charge is 0.0670 e. The highest BCUT2D eigenvalue weighted by molar-refractivity contribution is 4.83. The number of likely N-dealkylation sites (tertiary alicyclic amines) is 1. The molecule has 1 aliphatic heterocycles. The minimum Gasteiger partial charge on any atom is -0.380 e. The van der Waals surface area contributed by atoms with Crippen LogP contribution in [0.3, 0.4) is 0 Å². The third-order valence-corrected chi connectivity index (χ3v) is 1.90. The Morgan fingerprint density at radius 3 is 2.70 bits per heavy atom. The fourth-order valence-corrected chi connectivity index (χ4v) is 1.20. The fourth-order valence-electron chi connectivity index (χ4n) is 1.20. The average Bonchev–Trinajstić information content (AvgIpc) is 1.84. The van der Waals surface area contributed by atoms with Gasteiger partial charge in [0, 0.05) is 32.8 Å². The van der Waals surface area contributed by atoms with Gasteiger partial charge in [-0.05, 0) is 6.92 Å². The van der Waals surface area contributed by atoms with Crippen LogP contribution in [0.2, 0.25) is 0 Å². The van der Waals surface area contributed by atoms with Gasteiger partial charge in [-0.1, -0.05) is 0 Å². The summed E-state index contributed by atoms with van der Waals surface area (Å²) in [6, 6.07) is 0.407. The molecular weight excluding hydrogens is 128 g/mol. The predicted molar refractivity (Wildman–Crippen MR) is 40.9 cm³/mol. The summed E-state index contributed by atoms with van der Waals surface area (Å²) in [7, 11) is 1.74. The zero-order valence-corrected chi connectivity index (χ0v) is 6.71. The molecule has 1 rings (SSSR count). The summed E-state index contributed by atoms with van der Waals surface area (Å²) in [5, 5.41) is 0. The normalized spacial score (nSPS) is 24.3. The van der Waals surface area contributed by atoms with Crippen molar-refractivity contribution in [2.75, 3.05) is 26.7 Å². The molecule has 0 aromatic rings. The second kappa shape index (κ2) is 3.32. The zero-order chi connectivity index (χ0) is 7.56. The van der Waals surface area contributed by atoms with E-state index in [1.54, 1.807) is 7.11 Å². The van der Waals surface area contributed by atoms with Crippen LogP contribution >= 0.6 is 0 Å². The number of hydrogen-bond donors (Lipinski definition) is 1. The maximum Gasteiger partial charge on any atom is 0.0670 e. The Bertz CT molecular complexity index is 102. The molecule has 0 aromatic carbocycles. The molecular formula is C7H16N2O.